The average molecular weight is 409 g/mol. The van der Waals surface area contributed by atoms with Crippen molar-refractivity contribution >= 4 is 39.0 Å². The summed E-state index contributed by atoms with van der Waals surface area (Å²) in [7, 11) is 0. The number of hydrogen-bond acceptors (Lipinski definition) is 3. The molecule has 1 aromatic heterocycles. The monoisotopic (exact) mass is 409 g/mol. The van der Waals surface area contributed by atoms with E-state index in [-0.39, 0.29) is 5.78 Å². The van der Waals surface area contributed by atoms with Gasteiger partial charge < -0.3 is 0 Å². The predicted octanol–water partition coefficient (Wildman–Crippen LogP) is 6.74. The van der Waals surface area contributed by atoms with Gasteiger partial charge in [-0.2, -0.15) is 13.2 Å². The zero-order chi connectivity index (χ0) is 20.4. The summed E-state index contributed by atoms with van der Waals surface area (Å²) >= 11 is 1.37. The number of nitrogens with zero attached hydrogens (tertiary/aromatic N) is 1. The molecule has 2 nitrogen and oxygen atoms in total. The Balaban J connectivity index is 1.81. The van der Waals surface area contributed by atoms with Gasteiger partial charge in [-0.25, -0.2) is 4.98 Å². The van der Waals surface area contributed by atoms with Crippen molar-refractivity contribution in [1.82, 2.24) is 4.98 Å². The van der Waals surface area contributed by atoms with Gasteiger partial charge in [0, 0.05) is 5.56 Å². The first-order valence-electron chi connectivity index (χ1n) is 8.76. The van der Waals surface area contributed by atoms with Crippen LogP contribution in [-0.4, -0.2) is 10.8 Å². The van der Waals surface area contributed by atoms with Crippen molar-refractivity contribution in [2.24, 2.45) is 0 Å². The summed E-state index contributed by atoms with van der Waals surface area (Å²) < 4.78 is 39.4. The van der Waals surface area contributed by atoms with Gasteiger partial charge in [-0.1, -0.05) is 54.6 Å². The number of rotatable bonds is 4. The smallest absolute Gasteiger partial charge is 0.288 e. The zero-order valence-corrected chi connectivity index (χ0v) is 15.8. The van der Waals surface area contributed by atoms with Crippen LogP contribution in [0.5, 0.6) is 0 Å². The molecule has 0 amide bonds. The molecule has 0 spiro atoms. The van der Waals surface area contributed by atoms with E-state index in [9.17, 15) is 18.0 Å². The van der Waals surface area contributed by atoms with Gasteiger partial charge in [0.25, 0.3) is 0 Å². The van der Waals surface area contributed by atoms with Crippen LogP contribution >= 0.6 is 11.3 Å². The normalized spacial score (nSPS) is 12.3. The van der Waals surface area contributed by atoms with Crippen LogP contribution < -0.4 is 0 Å². The first-order chi connectivity index (χ1) is 13.9. The van der Waals surface area contributed by atoms with Crippen LogP contribution in [0.15, 0.2) is 78.9 Å². The fourth-order valence-electron chi connectivity index (χ4n) is 2.89. The molecule has 0 N–H and O–H groups in total. The Labute approximate surface area is 169 Å². The number of Topliss-reactive ketones (excluding diaryl/α,β-unsaturated/α-hetero) is 1. The van der Waals surface area contributed by atoms with E-state index >= 15 is 0 Å². The second-order valence-electron chi connectivity index (χ2n) is 6.36. The number of benzene rings is 3. The van der Waals surface area contributed by atoms with Gasteiger partial charge >= 0.3 is 6.18 Å². The molecule has 4 rings (SSSR count). The lowest BCUT2D eigenvalue weighted by molar-refractivity contribution is -0.137. The first kappa shape index (κ1) is 19.1. The maximum atomic E-state index is 13.2. The van der Waals surface area contributed by atoms with Gasteiger partial charge in [0.15, 0.2) is 5.78 Å². The van der Waals surface area contributed by atoms with Crippen molar-refractivity contribution in [1.29, 1.82) is 0 Å². The molecule has 0 bridgehead atoms. The SMILES string of the molecule is O=C(/C(=C/c1ccc(C(F)(F)F)cc1)c1nc2ccccc2s1)c1ccccc1. The van der Waals surface area contributed by atoms with E-state index in [0.29, 0.717) is 21.7 Å². The van der Waals surface area contributed by atoms with Gasteiger partial charge in [-0.05, 0) is 35.9 Å². The number of carbonyl (C=O) groups excluding carboxylic acids is 1. The van der Waals surface area contributed by atoms with E-state index in [1.54, 1.807) is 30.3 Å². The van der Waals surface area contributed by atoms with E-state index in [0.717, 1.165) is 22.3 Å². The predicted molar refractivity (Wildman–Crippen MR) is 110 cm³/mol. The third kappa shape index (κ3) is 4.12. The lowest BCUT2D eigenvalue weighted by Crippen LogP contribution is -2.04. The molecular formula is C23H14F3NOS. The number of carbonyl (C=O) groups is 1. The molecule has 3 aromatic carbocycles. The number of hydrogen-bond donors (Lipinski definition) is 0. The largest absolute Gasteiger partial charge is 0.416 e. The number of fused-ring (bicyclic) bond motifs is 1. The molecule has 0 saturated heterocycles. The topological polar surface area (TPSA) is 30.0 Å². The number of ketones is 1. The molecule has 0 unspecified atom stereocenters. The number of para-hydroxylation sites is 1. The molecule has 6 heteroatoms. The number of thiazole rings is 1. The van der Waals surface area contributed by atoms with E-state index in [4.69, 9.17) is 0 Å². The van der Waals surface area contributed by atoms with Crippen molar-refractivity contribution in [3.05, 3.63) is 101 Å². The Kier molecular flexibility index (Phi) is 5.03. The van der Waals surface area contributed by atoms with Gasteiger partial charge in [0.1, 0.15) is 5.01 Å². The van der Waals surface area contributed by atoms with E-state index in [2.05, 4.69) is 4.98 Å². The summed E-state index contributed by atoms with van der Waals surface area (Å²) in [5, 5.41) is 0.528. The Bertz CT molecular complexity index is 1160. The van der Waals surface area contributed by atoms with Crippen LogP contribution in [0.3, 0.4) is 0 Å². The fraction of sp³-hybridized carbons (Fsp3) is 0.0435. The lowest BCUT2D eigenvalue weighted by Gasteiger charge is -2.07. The van der Waals surface area contributed by atoms with E-state index < -0.39 is 11.7 Å². The molecule has 0 atom stereocenters. The summed E-state index contributed by atoms with van der Waals surface area (Å²) in [6, 6.07) is 21.0. The van der Waals surface area contributed by atoms with Crippen LogP contribution in [0.2, 0.25) is 0 Å². The maximum Gasteiger partial charge on any atom is 0.416 e. The van der Waals surface area contributed by atoms with Crippen molar-refractivity contribution < 1.29 is 18.0 Å². The Hall–Kier alpha value is -3.25. The minimum absolute atomic E-state index is 0.232. The van der Waals surface area contributed by atoms with Crippen molar-refractivity contribution in [3.63, 3.8) is 0 Å². The minimum Gasteiger partial charge on any atom is -0.288 e. The summed E-state index contributed by atoms with van der Waals surface area (Å²) in [5.74, 6) is -0.232. The Morgan fingerprint density at radius 1 is 0.862 bits per heavy atom. The highest BCUT2D eigenvalue weighted by Crippen LogP contribution is 2.32. The van der Waals surface area contributed by atoms with Crippen LogP contribution in [-0.2, 0) is 6.18 Å². The van der Waals surface area contributed by atoms with E-state index in [1.807, 2.05) is 30.3 Å². The molecule has 0 aliphatic carbocycles. The number of aromatic nitrogens is 1. The van der Waals surface area contributed by atoms with Gasteiger partial charge in [-0.15, -0.1) is 11.3 Å². The third-order valence-electron chi connectivity index (χ3n) is 4.35. The van der Waals surface area contributed by atoms with Crippen LogP contribution in [0.25, 0.3) is 21.9 Å². The molecule has 1 heterocycles. The average Bonchev–Trinajstić information content (AvgIpc) is 3.16. The summed E-state index contributed by atoms with van der Waals surface area (Å²) in [5.41, 5.74) is 1.37. The molecule has 0 aliphatic rings. The van der Waals surface area contributed by atoms with Gasteiger partial charge in [0.05, 0.1) is 21.4 Å². The summed E-state index contributed by atoms with van der Waals surface area (Å²) in [6.45, 7) is 0. The number of halogens is 3. The molecule has 4 aromatic rings. The van der Waals surface area contributed by atoms with Crippen molar-refractivity contribution in [3.8, 4) is 0 Å². The molecule has 0 aliphatic heterocycles. The minimum atomic E-state index is -4.40. The quantitative estimate of drug-likeness (QED) is 0.276. The summed E-state index contributed by atoms with van der Waals surface area (Å²) in [6.07, 6.45) is -2.81. The standard InChI is InChI=1S/C23H14F3NOS/c24-23(25,26)17-12-10-15(11-13-17)14-18(21(28)16-6-2-1-3-7-16)22-27-19-8-4-5-9-20(19)29-22/h1-14H/b18-14-. The molecule has 144 valence electrons. The maximum absolute atomic E-state index is 13.2. The number of allylic oxidation sites excluding steroid dienone is 1. The fourth-order valence-corrected chi connectivity index (χ4v) is 3.87. The van der Waals surface area contributed by atoms with Gasteiger partial charge in [-0.3, -0.25) is 4.79 Å². The molecule has 0 fully saturated rings. The lowest BCUT2D eigenvalue weighted by atomic mass is 10.0. The first-order valence-corrected chi connectivity index (χ1v) is 9.58. The Morgan fingerprint density at radius 3 is 2.17 bits per heavy atom. The van der Waals surface area contributed by atoms with Gasteiger partial charge in [0.2, 0.25) is 0 Å². The third-order valence-corrected chi connectivity index (χ3v) is 5.42. The summed E-state index contributed by atoms with van der Waals surface area (Å²) in [4.78, 5) is 17.7. The van der Waals surface area contributed by atoms with E-state index in [1.165, 1.54) is 23.5 Å². The second-order valence-corrected chi connectivity index (χ2v) is 7.39. The highest BCUT2D eigenvalue weighted by atomic mass is 32.1. The molecular weight excluding hydrogens is 395 g/mol. The highest BCUT2D eigenvalue weighted by Gasteiger charge is 2.30. The van der Waals surface area contributed by atoms with Crippen molar-refractivity contribution in [2.45, 2.75) is 6.18 Å². The van der Waals surface area contributed by atoms with Crippen LogP contribution in [0.1, 0.15) is 26.5 Å². The Morgan fingerprint density at radius 2 is 1.52 bits per heavy atom. The molecule has 29 heavy (non-hydrogen) atoms. The number of alkyl halides is 3. The highest BCUT2D eigenvalue weighted by molar-refractivity contribution is 7.20. The molecule has 0 saturated carbocycles. The molecule has 0 radical (unpaired) electrons. The second kappa shape index (κ2) is 7.64. The zero-order valence-electron chi connectivity index (χ0n) is 15.0. The van der Waals surface area contributed by atoms with Crippen LogP contribution in [0, 0.1) is 0 Å². The van der Waals surface area contributed by atoms with Crippen molar-refractivity contribution in [2.75, 3.05) is 0 Å². The van der Waals surface area contributed by atoms with Crippen LogP contribution in [0.4, 0.5) is 13.2 Å².